The van der Waals surface area contributed by atoms with E-state index in [9.17, 15) is 4.79 Å². The number of hydrogen-bond donors (Lipinski definition) is 0. The minimum Gasteiger partial charge on any atom is -0.371 e. The van der Waals surface area contributed by atoms with Crippen LogP contribution in [0.15, 0.2) is 71.4 Å². The largest absolute Gasteiger partial charge is 0.371 e. The third-order valence-electron chi connectivity index (χ3n) is 5.12. The van der Waals surface area contributed by atoms with Gasteiger partial charge >= 0.3 is 0 Å². The summed E-state index contributed by atoms with van der Waals surface area (Å²) in [6.07, 6.45) is 2.60. The number of carbonyl (C=O) groups excluding carboxylic acids is 1. The lowest BCUT2D eigenvalue weighted by Crippen LogP contribution is -2.33. The predicted octanol–water partition coefficient (Wildman–Crippen LogP) is 3.94. The van der Waals surface area contributed by atoms with Crippen LogP contribution < -0.4 is 4.90 Å². The summed E-state index contributed by atoms with van der Waals surface area (Å²) in [5.74, 6) is 0.942. The molecule has 0 saturated carbocycles. The second-order valence-electron chi connectivity index (χ2n) is 7.06. The highest BCUT2D eigenvalue weighted by atomic mass is 16.5. The number of benzene rings is 2. The maximum absolute atomic E-state index is 13.0. The Bertz CT molecular complexity index is 892. The Balaban J connectivity index is 1.42. The first-order chi connectivity index (χ1) is 13.2. The molecule has 1 saturated heterocycles. The van der Waals surface area contributed by atoms with Crippen LogP contribution in [0.2, 0.25) is 0 Å². The van der Waals surface area contributed by atoms with Gasteiger partial charge in [0.15, 0.2) is 5.76 Å². The Kier molecular flexibility index (Phi) is 4.92. The molecule has 1 aromatic heterocycles. The zero-order valence-corrected chi connectivity index (χ0v) is 15.4. The number of anilines is 1. The van der Waals surface area contributed by atoms with E-state index >= 15 is 0 Å². The van der Waals surface area contributed by atoms with Crippen LogP contribution in [0.1, 0.15) is 16.8 Å². The molecule has 1 amide bonds. The van der Waals surface area contributed by atoms with Crippen molar-refractivity contribution in [2.24, 2.45) is 5.92 Å². The molecule has 0 N–H and O–H groups in total. The second-order valence-corrected chi connectivity index (χ2v) is 7.06. The smallest absolute Gasteiger partial charge is 0.259 e. The van der Waals surface area contributed by atoms with Crippen LogP contribution in [0.3, 0.4) is 0 Å². The van der Waals surface area contributed by atoms with Crippen LogP contribution in [0.25, 0.3) is 11.3 Å². The number of amides is 1. The molecule has 1 aliphatic rings. The lowest BCUT2D eigenvalue weighted by Gasteiger charge is -2.22. The summed E-state index contributed by atoms with van der Waals surface area (Å²) in [5.41, 5.74) is 2.63. The SMILES string of the molecule is CN(CC1CCN(c2ccccc2)C1)C(=O)c1cnoc1-c1ccccc1. The number of rotatable bonds is 5. The molecule has 0 radical (unpaired) electrons. The van der Waals surface area contributed by atoms with Crippen molar-refractivity contribution in [1.29, 1.82) is 0 Å². The van der Waals surface area contributed by atoms with Crippen LogP contribution in [-0.4, -0.2) is 42.6 Å². The van der Waals surface area contributed by atoms with Gasteiger partial charge < -0.3 is 14.3 Å². The zero-order valence-electron chi connectivity index (χ0n) is 15.4. The minimum absolute atomic E-state index is 0.0479. The first-order valence-corrected chi connectivity index (χ1v) is 9.28. The van der Waals surface area contributed by atoms with E-state index in [2.05, 4.69) is 34.3 Å². The molecule has 1 atom stereocenters. The predicted molar refractivity (Wildman–Crippen MR) is 106 cm³/mol. The molecule has 27 heavy (non-hydrogen) atoms. The number of hydrogen-bond acceptors (Lipinski definition) is 4. The summed E-state index contributed by atoms with van der Waals surface area (Å²) in [7, 11) is 1.86. The topological polar surface area (TPSA) is 49.6 Å². The van der Waals surface area contributed by atoms with Gasteiger partial charge in [-0.05, 0) is 24.5 Å². The fourth-order valence-electron chi connectivity index (χ4n) is 3.72. The zero-order chi connectivity index (χ0) is 18.6. The second kappa shape index (κ2) is 7.66. The van der Waals surface area contributed by atoms with Gasteiger partial charge in [0.05, 0.1) is 6.20 Å². The maximum Gasteiger partial charge on any atom is 0.259 e. The third-order valence-corrected chi connectivity index (χ3v) is 5.12. The molecule has 3 aromatic rings. The van der Waals surface area contributed by atoms with Crippen molar-refractivity contribution in [1.82, 2.24) is 10.1 Å². The molecule has 1 unspecified atom stereocenters. The van der Waals surface area contributed by atoms with Crippen LogP contribution in [0.4, 0.5) is 5.69 Å². The van der Waals surface area contributed by atoms with E-state index in [4.69, 9.17) is 4.52 Å². The van der Waals surface area contributed by atoms with Crippen LogP contribution in [0, 0.1) is 5.92 Å². The van der Waals surface area contributed by atoms with E-state index in [1.54, 1.807) is 4.90 Å². The minimum atomic E-state index is -0.0479. The number of aromatic nitrogens is 1. The Labute approximate surface area is 159 Å². The molecule has 2 aromatic carbocycles. The molecule has 1 fully saturated rings. The highest BCUT2D eigenvalue weighted by Crippen LogP contribution is 2.26. The van der Waals surface area contributed by atoms with Crippen LogP contribution in [-0.2, 0) is 0 Å². The molecule has 2 heterocycles. The van der Waals surface area contributed by atoms with Gasteiger partial charge in [-0.3, -0.25) is 4.79 Å². The molecule has 138 valence electrons. The first-order valence-electron chi connectivity index (χ1n) is 9.28. The van der Waals surface area contributed by atoms with Gasteiger partial charge in [-0.2, -0.15) is 0 Å². The summed E-state index contributed by atoms with van der Waals surface area (Å²) >= 11 is 0. The van der Waals surface area contributed by atoms with Gasteiger partial charge in [0.1, 0.15) is 5.56 Å². The number of nitrogens with zero attached hydrogens (tertiary/aromatic N) is 3. The van der Waals surface area contributed by atoms with E-state index in [0.717, 1.165) is 31.6 Å². The van der Waals surface area contributed by atoms with Crippen molar-refractivity contribution in [2.75, 3.05) is 31.6 Å². The van der Waals surface area contributed by atoms with Crippen molar-refractivity contribution in [2.45, 2.75) is 6.42 Å². The number of carbonyl (C=O) groups is 1. The maximum atomic E-state index is 13.0. The monoisotopic (exact) mass is 361 g/mol. The van der Waals surface area contributed by atoms with E-state index in [1.165, 1.54) is 11.9 Å². The summed E-state index contributed by atoms with van der Waals surface area (Å²) in [4.78, 5) is 17.1. The van der Waals surface area contributed by atoms with Crippen LogP contribution >= 0.6 is 0 Å². The van der Waals surface area contributed by atoms with E-state index in [-0.39, 0.29) is 5.91 Å². The Hall–Kier alpha value is -3.08. The average Bonchev–Trinajstić information content (AvgIpc) is 3.38. The molecule has 1 aliphatic heterocycles. The van der Waals surface area contributed by atoms with Crippen molar-refractivity contribution in [3.63, 3.8) is 0 Å². The van der Waals surface area contributed by atoms with Crippen LogP contribution in [0.5, 0.6) is 0 Å². The molecular weight excluding hydrogens is 338 g/mol. The highest BCUT2D eigenvalue weighted by Gasteiger charge is 2.27. The fourth-order valence-corrected chi connectivity index (χ4v) is 3.72. The lowest BCUT2D eigenvalue weighted by molar-refractivity contribution is 0.0776. The van der Waals surface area contributed by atoms with Crippen molar-refractivity contribution >= 4 is 11.6 Å². The molecule has 0 bridgehead atoms. The van der Waals surface area contributed by atoms with Gasteiger partial charge in [-0.25, -0.2) is 0 Å². The molecule has 0 spiro atoms. The molecule has 5 heteroatoms. The third kappa shape index (κ3) is 3.72. The summed E-state index contributed by atoms with van der Waals surface area (Å²) in [6, 6.07) is 20.1. The molecule has 4 rings (SSSR count). The Morgan fingerprint density at radius 2 is 1.85 bits per heavy atom. The molecular formula is C22H23N3O2. The summed E-state index contributed by atoms with van der Waals surface area (Å²) in [5, 5.41) is 3.85. The van der Waals surface area contributed by atoms with E-state index < -0.39 is 0 Å². The van der Waals surface area contributed by atoms with E-state index in [1.807, 2.05) is 43.4 Å². The van der Waals surface area contributed by atoms with Gasteiger partial charge in [0.2, 0.25) is 0 Å². The van der Waals surface area contributed by atoms with Gasteiger partial charge in [-0.1, -0.05) is 53.7 Å². The van der Waals surface area contributed by atoms with Gasteiger partial charge in [0, 0.05) is 37.9 Å². The quantitative estimate of drug-likeness (QED) is 0.691. The van der Waals surface area contributed by atoms with Crippen molar-refractivity contribution in [3.05, 3.63) is 72.4 Å². The first kappa shape index (κ1) is 17.3. The number of para-hydroxylation sites is 1. The van der Waals surface area contributed by atoms with Crippen molar-refractivity contribution < 1.29 is 9.32 Å². The average molecular weight is 361 g/mol. The van der Waals surface area contributed by atoms with Gasteiger partial charge in [-0.15, -0.1) is 0 Å². The van der Waals surface area contributed by atoms with E-state index in [0.29, 0.717) is 17.2 Å². The fraction of sp³-hybridized carbons (Fsp3) is 0.273. The molecule has 0 aliphatic carbocycles. The van der Waals surface area contributed by atoms with Crippen molar-refractivity contribution in [3.8, 4) is 11.3 Å². The normalized spacial score (nSPS) is 16.5. The Morgan fingerprint density at radius 3 is 2.59 bits per heavy atom. The highest BCUT2D eigenvalue weighted by molar-refractivity contribution is 5.99. The standard InChI is InChI=1S/C22H23N3O2/c1-24(15-17-12-13-25(16-17)19-10-6-3-7-11-19)22(26)20-14-23-27-21(20)18-8-4-2-5-9-18/h2-11,14,17H,12-13,15-16H2,1H3. The Morgan fingerprint density at radius 1 is 1.15 bits per heavy atom. The molecule has 5 nitrogen and oxygen atoms in total. The van der Waals surface area contributed by atoms with Gasteiger partial charge in [0.25, 0.3) is 5.91 Å². The lowest BCUT2D eigenvalue weighted by atomic mass is 10.1. The summed E-state index contributed by atoms with van der Waals surface area (Å²) in [6.45, 7) is 2.72. The summed E-state index contributed by atoms with van der Waals surface area (Å²) < 4.78 is 5.36.